The molecule has 1 aromatic heterocycles. The highest BCUT2D eigenvalue weighted by Gasteiger charge is 2.35. The fourth-order valence-corrected chi connectivity index (χ4v) is 4.74. The first-order valence-electron chi connectivity index (χ1n) is 10.3. The Morgan fingerprint density at radius 3 is 2.50 bits per heavy atom. The number of carbonyl (C=O) groups excluding carboxylic acids is 1. The van der Waals surface area contributed by atoms with Gasteiger partial charge in [-0.1, -0.05) is 0 Å². The number of aromatic nitrogens is 1. The minimum atomic E-state index is -0.635. The minimum absolute atomic E-state index is 0.0482. The molecule has 1 amide bonds. The van der Waals surface area contributed by atoms with Crippen molar-refractivity contribution in [3.63, 3.8) is 0 Å². The van der Waals surface area contributed by atoms with Gasteiger partial charge in [-0.2, -0.15) is 0 Å². The van der Waals surface area contributed by atoms with Gasteiger partial charge in [0.05, 0.1) is 17.3 Å². The van der Waals surface area contributed by atoms with Crippen molar-refractivity contribution in [1.29, 1.82) is 0 Å². The van der Waals surface area contributed by atoms with Crippen molar-refractivity contribution >= 4 is 16.8 Å². The normalized spacial score (nSPS) is 23.6. The average Bonchev–Trinajstić information content (AvgIpc) is 3.25. The summed E-state index contributed by atoms with van der Waals surface area (Å²) in [6.07, 6.45) is 2.52. The lowest BCUT2D eigenvalue weighted by Gasteiger charge is -2.36. The molecule has 2 aromatic carbocycles. The van der Waals surface area contributed by atoms with Crippen LogP contribution in [0.25, 0.3) is 22.2 Å². The standard InChI is InChI=1S/C23H22F3N3O/c24-15-3-1-13(2-4-15)21-20(17-9-16(25)10-18(26)22(17)29-21)14-7-12(8-14)11-28-19-5-6-27-23(19)30/h1-4,9-10,12,14,19,28-29H,5-8,11H2,(H,27,30)/t12?,14?,19-/m0/s1. The Hall–Kier alpha value is -2.80. The zero-order chi connectivity index (χ0) is 20.8. The number of hydrogen-bond acceptors (Lipinski definition) is 2. The largest absolute Gasteiger partial charge is 0.355 e. The maximum absolute atomic E-state index is 14.4. The Morgan fingerprint density at radius 1 is 1.03 bits per heavy atom. The van der Waals surface area contributed by atoms with Crippen LogP contribution in [0.1, 0.15) is 30.7 Å². The van der Waals surface area contributed by atoms with Crippen molar-refractivity contribution in [3.05, 3.63) is 59.4 Å². The van der Waals surface area contributed by atoms with Gasteiger partial charge in [0.2, 0.25) is 5.91 Å². The first-order chi connectivity index (χ1) is 14.5. The molecule has 1 saturated carbocycles. The van der Waals surface area contributed by atoms with Crippen molar-refractivity contribution in [1.82, 2.24) is 15.6 Å². The number of hydrogen-bond donors (Lipinski definition) is 3. The van der Waals surface area contributed by atoms with Crippen LogP contribution < -0.4 is 10.6 Å². The molecule has 7 heteroatoms. The van der Waals surface area contributed by atoms with Crippen molar-refractivity contribution in [2.24, 2.45) is 5.92 Å². The van der Waals surface area contributed by atoms with E-state index >= 15 is 0 Å². The molecule has 1 saturated heterocycles. The van der Waals surface area contributed by atoms with Crippen LogP contribution >= 0.6 is 0 Å². The van der Waals surface area contributed by atoms with Gasteiger partial charge in [0.25, 0.3) is 0 Å². The SMILES string of the molecule is O=C1NCC[C@@H]1NCC1CC(c2c(-c3ccc(F)cc3)[nH]c3c(F)cc(F)cc23)C1. The van der Waals surface area contributed by atoms with E-state index in [0.717, 1.165) is 43.0 Å². The molecule has 4 nitrogen and oxygen atoms in total. The summed E-state index contributed by atoms with van der Waals surface area (Å²) in [5, 5.41) is 6.68. The van der Waals surface area contributed by atoms with E-state index in [9.17, 15) is 18.0 Å². The van der Waals surface area contributed by atoms with E-state index in [1.165, 1.54) is 18.2 Å². The summed E-state index contributed by atoms with van der Waals surface area (Å²) in [6, 6.07) is 8.13. The van der Waals surface area contributed by atoms with E-state index in [2.05, 4.69) is 15.6 Å². The average molecular weight is 413 g/mol. The van der Waals surface area contributed by atoms with Gasteiger partial charge in [-0.05, 0) is 79.1 Å². The van der Waals surface area contributed by atoms with Gasteiger partial charge < -0.3 is 15.6 Å². The van der Waals surface area contributed by atoms with Crippen molar-refractivity contribution in [3.8, 4) is 11.3 Å². The summed E-state index contributed by atoms with van der Waals surface area (Å²) in [7, 11) is 0. The quantitative estimate of drug-likeness (QED) is 0.587. The number of halogens is 3. The third-order valence-corrected chi connectivity index (χ3v) is 6.34. The van der Waals surface area contributed by atoms with Crippen LogP contribution in [0.3, 0.4) is 0 Å². The fraction of sp³-hybridized carbons (Fsp3) is 0.348. The summed E-state index contributed by atoms with van der Waals surface area (Å²) in [5.74, 6) is -1.01. The molecule has 0 bridgehead atoms. The predicted molar refractivity (Wildman–Crippen MR) is 108 cm³/mol. The number of amides is 1. The number of carbonyl (C=O) groups is 1. The van der Waals surface area contributed by atoms with Gasteiger partial charge in [-0.25, -0.2) is 13.2 Å². The summed E-state index contributed by atoms with van der Waals surface area (Å²) in [4.78, 5) is 14.8. The van der Waals surface area contributed by atoms with Crippen molar-refractivity contribution in [2.75, 3.05) is 13.1 Å². The maximum atomic E-state index is 14.4. The third-order valence-electron chi connectivity index (χ3n) is 6.34. The van der Waals surface area contributed by atoms with Crippen molar-refractivity contribution < 1.29 is 18.0 Å². The van der Waals surface area contributed by atoms with Crippen LogP contribution in [-0.2, 0) is 4.79 Å². The molecule has 1 atom stereocenters. The third kappa shape index (κ3) is 3.37. The molecule has 3 N–H and O–H groups in total. The molecule has 2 heterocycles. The highest BCUT2D eigenvalue weighted by Crippen LogP contribution is 2.48. The topological polar surface area (TPSA) is 56.9 Å². The summed E-state index contributed by atoms with van der Waals surface area (Å²) in [6.45, 7) is 1.45. The van der Waals surface area contributed by atoms with Gasteiger partial charge in [-0.15, -0.1) is 0 Å². The Bertz CT molecular complexity index is 1100. The lowest BCUT2D eigenvalue weighted by atomic mass is 9.70. The van der Waals surface area contributed by atoms with E-state index in [1.54, 1.807) is 12.1 Å². The maximum Gasteiger partial charge on any atom is 0.237 e. The lowest BCUT2D eigenvalue weighted by molar-refractivity contribution is -0.120. The monoisotopic (exact) mass is 413 g/mol. The highest BCUT2D eigenvalue weighted by molar-refractivity contribution is 5.92. The molecule has 30 heavy (non-hydrogen) atoms. The van der Waals surface area contributed by atoms with Crippen LogP contribution in [-0.4, -0.2) is 30.0 Å². The van der Waals surface area contributed by atoms with E-state index < -0.39 is 11.6 Å². The number of fused-ring (bicyclic) bond motifs is 1. The first-order valence-corrected chi connectivity index (χ1v) is 10.3. The number of benzene rings is 2. The smallest absolute Gasteiger partial charge is 0.237 e. The zero-order valence-electron chi connectivity index (χ0n) is 16.3. The Kier molecular flexibility index (Phi) is 4.77. The molecule has 3 aromatic rings. The zero-order valence-corrected chi connectivity index (χ0v) is 16.3. The van der Waals surface area contributed by atoms with Crippen LogP contribution in [0.5, 0.6) is 0 Å². The van der Waals surface area contributed by atoms with Crippen LogP contribution in [0, 0.1) is 23.4 Å². The van der Waals surface area contributed by atoms with Gasteiger partial charge in [0, 0.05) is 18.0 Å². The number of aromatic amines is 1. The van der Waals surface area contributed by atoms with Crippen molar-refractivity contribution in [2.45, 2.75) is 31.2 Å². The second kappa shape index (κ2) is 7.47. The molecular formula is C23H22F3N3O. The number of nitrogens with one attached hydrogen (secondary N) is 3. The molecule has 2 fully saturated rings. The van der Waals surface area contributed by atoms with Crippen LogP contribution in [0.2, 0.25) is 0 Å². The summed E-state index contributed by atoms with van der Waals surface area (Å²) >= 11 is 0. The minimum Gasteiger partial charge on any atom is -0.355 e. The second-order valence-corrected chi connectivity index (χ2v) is 8.31. The molecule has 156 valence electrons. The van der Waals surface area contributed by atoms with Gasteiger partial charge >= 0.3 is 0 Å². The summed E-state index contributed by atoms with van der Waals surface area (Å²) < 4.78 is 41.8. The highest BCUT2D eigenvalue weighted by atomic mass is 19.1. The molecular weight excluding hydrogens is 391 g/mol. The lowest BCUT2D eigenvalue weighted by Crippen LogP contribution is -2.41. The molecule has 0 unspecified atom stereocenters. The number of rotatable bonds is 5. The Labute approximate surface area is 171 Å². The van der Waals surface area contributed by atoms with Gasteiger partial charge in [-0.3, -0.25) is 4.79 Å². The number of H-pyrrole nitrogens is 1. The molecule has 0 spiro atoms. The molecule has 2 aliphatic rings. The van der Waals surface area contributed by atoms with E-state index in [0.29, 0.717) is 23.5 Å². The van der Waals surface area contributed by atoms with Gasteiger partial charge in [0.15, 0.2) is 0 Å². The fourth-order valence-electron chi connectivity index (χ4n) is 4.74. The second-order valence-electron chi connectivity index (χ2n) is 8.31. The van der Waals surface area contributed by atoms with Crippen LogP contribution in [0.4, 0.5) is 13.2 Å². The predicted octanol–water partition coefficient (Wildman–Crippen LogP) is 4.22. The molecule has 0 radical (unpaired) electrons. The van der Waals surface area contributed by atoms with E-state index in [-0.39, 0.29) is 29.2 Å². The molecule has 1 aliphatic carbocycles. The Morgan fingerprint density at radius 2 is 1.80 bits per heavy atom. The van der Waals surface area contributed by atoms with Gasteiger partial charge in [0.1, 0.15) is 17.5 Å². The first kappa shape index (κ1) is 19.2. The summed E-state index contributed by atoms with van der Waals surface area (Å²) in [5.41, 5.74) is 2.60. The van der Waals surface area contributed by atoms with Crippen LogP contribution in [0.15, 0.2) is 36.4 Å². The van der Waals surface area contributed by atoms with E-state index in [1.807, 2.05) is 0 Å². The Balaban J connectivity index is 1.42. The molecule has 1 aliphatic heterocycles. The molecule has 5 rings (SSSR count). The van der Waals surface area contributed by atoms with E-state index in [4.69, 9.17) is 0 Å².